The minimum absolute atomic E-state index is 0.0753. The molecule has 1 aliphatic rings. The first-order valence-corrected chi connectivity index (χ1v) is 13.1. The van der Waals surface area contributed by atoms with Gasteiger partial charge in [0, 0.05) is 24.8 Å². The van der Waals surface area contributed by atoms with E-state index in [-0.39, 0.29) is 29.9 Å². The molecular formula is C26H30N2O6S. The van der Waals surface area contributed by atoms with Crippen LogP contribution in [0.15, 0.2) is 76.2 Å². The molecule has 9 heteroatoms. The van der Waals surface area contributed by atoms with Gasteiger partial charge in [-0.15, -0.1) is 0 Å². The Balaban J connectivity index is 1.48. The SMILES string of the molecule is CCOCCOc1ccc(S(=O)(=O)N(Cc2ccc(C(=O)NC3CC3)cc2)Cc2ccco2)cc1. The molecule has 35 heavy (non-hydrogen) atoms. The zero-order chi connectivity index (χ0) is 24.7. The molecule has 8 nitrogen and oxygen atoms in total. The van der Waals surface area contributed by atoms with Crippen molar-refractivity contribution in [1.29, 1.82) is 0 Å². The molecule has 1 fully saturated rings. The van der Waals surface area contributed by atoms with Gasteiger partial charge in [-0.25, -0.2) is 8.42 Å². The lowest BCUT2D eigenvalue weighted by molar-refractivity contribution is 0.0951. The monoisotopic (exact) mass is 498 g/mol. The van der Waals surface area contributed by atoms with Crippen LogP contribution in [0, 0.1) is 0 Å². The Bertz CT molecular complexity index is 1190. The summed E-state index contributed by atoms with van der Waals surface area (Å²) in [5.41, 5.74) is 1.32. The molecule has 1 saturated carbocycles. The van der Waals surface area contributed by atoms with E-state index >= 15 is 0 Å². The first-order valence-electron chi connectivity index (χ1n) is 11.7. The number of hydrogen-bond donors (Lipinski definition) is 1. The molecule has 0 radical (unpaired) electrons. The van der Waals surface area contributed by atoms with Gasteiger partial charge in [0.05, 0.1) is 24.3 Å². The molecule has 4 rings (SSSR count). The maximum absolute atomic E-state index is 13.5. The van der Waals surface area contributed by atoms with Gasteiger partial charge in [-0.3, -0.25) is 4.79 Å². The lowest BCUT2D eigenvalue weighted by Crippen LogP contribution is -2.30. The van der Waals surface area contributed by atoms with E-state index in [1.165, 1.54) is 22.7 Å². The van der Waals surface area contributed by atoms with Gasteiger partial charge in [-0.05, 0) is 73.9 Å². The molecule has 0 unspecified atom stereocenters. The second-order valence-electron chi connectivity index (χ2n) is 8.31. The lowest BCUT2D eigenvalue weighted by Gasteiger charge is -2.22. The summed E-state index contributed by atoms with van der Waals surface area (Å²) in [6.45, 7) is 3.58. The van der Waals surface area contributed by atoms with Crippen LogP contribution in [-0.4, -0.2) is 44.5 Å². The fourth-order valence-corrected chi connectivity index (χ4v) is 4.88. The molecule has 0 aliphatic heterocycles. The minimum Gasteiger partial charge on any atom is -0.491 e. The molecule has 1 N–H and O–H groups in total. The van der Waals surface area contributed by atoms with E-state index in [1.54, 1.807) is 48.5 Å². The molecule has 0 spiro atoms. The third-order valence-corrected chi connectivity index (χ3v) is 7.37. The summed E-state index contributed by atoms with van der Waals surface area (Å²) in [5, 5.41) is 2.95. The average molecular weight is 499 g/mol. The number of nitrogens with one attached hydrogen (secondary N) is 1. The van der Waals surface area contributed by atoms with Crippen LogP contribution in [-0.2, 0) is 27.8 Å². The van der Waals surface area contributed by atoms with Crippen molar-refractivity contribution in [2.24, 2.45) is 0 Å². The molecule has 1 heterocycles. The normalized spacial score (nSPS) is 13.7. The van der Waals surface area contributed by atoms with Crippen LogP contribution in [0.25, 0.3) is 0 Å². The predicted molar refractivity (Wildman–Crippen MR) is 131 cm³/mol. The lowest BCUT2D eigenvalue weighted by atomic mass is 10.1. The van der Waals surface area contributed by atoms with E-state index in [9.17, 15) is 13.2 Å². The average Bonchev–Trinajstić information content (AvgIpc) is 3.53. The van der Waals surface area contributed by atoms with Gasteiger partial charge in [0.15, 0.2) is 0 Å². The molecule has 0 atom stereocenters. The van der Waals surface area contributed by atoms with Crippen LogP contribution in [0.1, 0.15) is 41.4 Å². The molecule has 2 aromatic carbocycles. The third kappa shape index (κ3) is 6.94. The molecule has 3 aromatic rings. The van der Waals surface area contributed by atoms with Gasteiger partial charge >= 0.3 is 0 Å². The standard InChI is InChI=1S/C26H30N2O6S/c1-2-32-16-17-34-23-11-13-25(14-12-23)35(30,31)28(19-24-4-3-15-33-24)18-20-5-7-21(8-6-20)26(29)27-22-9-10-22/h3-8,11-15,22H,2,9-10,16-19H2,1H3,(H,27,29). The van der Waals surface area contributed by atoms with Gasteiger partial charge in [-0.1, -0.05) is 12.1 Å². The number of rotatable bonds is 13. The Morgan fingerprint density at radius 2 is 1.77 bits per heavy atom. The van der Waals surface area contributed by atoms with Crippen molar-refractivity contribution < 1.29 is 27.1 Å². The number of hydrogen-bond acceptors (Lipinski definition) is 6. The predicted octanol–water partition coefficient (Wildman–Crippen LogP) is 3.98. The summed E-state index contributed by atoms with van der Waals surface area (Å²) in [6.07, 6.45) is 3.55. The summed E-state index contributed by atoms with van der Waals surface area (Å²) in [5.74, 6) is 0.994. The van der Waals surface area contributed by atoms with E-state index in [0.29, 0.717) is 36.9 Å². The molecule has 1 aliphatic carbocycles. The first-order chi connectivity index (χ1) is 17.0. The molecule has 1 amide bonds. The van der Waals surface area contributed by atoms with E-state index < -0.39 is 10.0 Å². The number of sulfonamides is 1. The molecular weight excluding hydrogens is 468 g/mol. The van der Waals surface area contributed by atoms with Crippen LogP contribution < -0.4 is 10.1 Å². The summed E-state index contributed by atoms with van der Waals surface area (Å²) in [4.78, 5) is 12.4. The molecule has 186 valence electrons. The number of carbonyl (C=O) groups is 1. The zero-order valence-electron chi connectivity index (χ0n) is 19.7. The van der Waals surface area contributed by atoms with Crippen LogP contribution in [0.2, 0.25) is 0 Å². The maximum atomic E-state index is 13.5. The van der Waals surface area contributed by atoms with Crippen molar-refractivity contribution >= 4 is 15.9 Å². The Labute approximate surface area is 205 Å². The van der Waals surface area contributed by atoms with Crippen LogP contribution in [0.4, 0.5) is 0 Å². The number of furan rings is 1. The fraction of sp³-hybridized carbons (Fsp3) is 0.346. The smallest absolute Gasteiger partial charge is 0.251 e. The van der Waals surface area contributed by atoms with Gasteiger partial charge in [0.25, 0.3) is 5.91 Å². The van der Waals surface area contributed by atoms with Crippen molar-refractivity contribution in [3.8, 4) is 5.75 Å². The van der Waals surface area contributed by atoms with Gasteiger partial charge in [0.2, 0.25) is 10.0 Å². The van der Waals surface area contributed by atoms with E-state index in [4.69, 9.17) is 13.9 Å². The summed E-state index contributed by atoms with van der Waals surface area (Å²) in [6, 6.07) is 17.1. The van der Waals surface area contributed by atoms with Crippen molar-refractivity contribution in [2.75, 3.05) is 19.8 Å². The Kier molecular flexibility index (Phi) is 8.22. The second-order valence-corrected chi connectivity index (χ2v) is 10.3. The highest BCUT2D eigenvalue weighted by Gasteiger charge is 2.27. The molecule has 1 aromatic heterocycles. The van der Waals surface area contributed by atoms with Crippen molar-refractivity contribution in [2.45, 2.75) is 43.8 Å². The van der Waals surface area contributed by atoms with E-state index in [2.05, 4.69) is 5.32 Å². The Morgan fingerprint density at radius 1 is 1.03 bits per heavy atom. The first kappa shape index (κ1) is 25.0. The Hall–Kier alpha value is -3.14. The second kappa shape index (κ2) is 11.5. The van der Waals surface area contributed by atoms with Gasteiger partial charge < -0.3 is 19.2 Å². The van der Waals surface area contributed by atoms with E-state index in [0.717, 1.165) is 18.4 Å². The number of carbonyl (C=O) groups excluding carboxylic acids is 1. The maximum Gasteiger partial charge on any atom is 0.251 e. The molecule has 0 bridgehead atoms. The summed E-state index contributed by atoms with van der Waals surface area (Å²) >= 11 is 0. The van der Waals surface area contributed by atoms with Crippen LogP contribution in [0.5, 0.6) is 5.75 Å². The van der Waals surface area contributed by atoms with Gasteiger partial charge in [0.1, 0.15) is 18.1 Å². The van der Waals surface area contributed by atoms with Crippen molar-refractivity contribution in [3.63, 3.8) is 0 Å². The largest absolute Gasteiger partial charge is 0.491 e. The highest BCUT2D eigenvalue weighted by molar-refractivity contribution is 7.89. The highest BCUT2D eigenvalue weighted by atomic mass is 32.2. The summed E-state index contributed by atoms with van der Waals surface area (Å²) < 4.78 is 44.7. The fourth-order valence-electron chi connectivity index (χ4n) is 3.48. The van der Waals surface area contributed by atoms with Crippen molar-refractivity contribution in [3.05, 3.63) is 83.8 Å². The highest BCUT2D eigenvalue weighted by Crippen LogP contribution is 2.24. The number of benzene rings is 2. The van der Waals surface area contributed by atoms with Crippen LogP contribution in [0.3, 0.4) is 0 Å². The quantitative estimate of drug-likeness (QED) is 0.358. The van der Waals surface area contributed by atoms with Crippen molar-refractivity contribution in [1.82, 2.24) is 9.62 Å². The van der Waals surface area contributed by atoms with Crippen LogP contribution >= 0.6 is 0 Å². The van der Waals surface area contributed by atoms with E-state index in [1.807, 2.05) is 6.92 Å². The minimum atomic E-state index is -3.84. The Morgan fingerprint density at radius 3 is 2.40 bits per heavy atom. The van der Waals surface area contributed by atoms with Gasteiger partial charge in [-0.2, -0.15) is 4.31 Å². The number of ether oxygens (including phenoxy) is 2. The molecule has 0 saturated heterocycles. The number of amides is 1. The third-order valence-electron chi connectivity index (χ3n) is 5.56. The summed E-state index contributed by atoms with van der Waals surface area (Å²) in [7, 11) is -3.84. The zero-order valence-corrected chi connectivity index (χ0v) is 20.5. The topological polar surface area (TPSA) is 98.1 Å². The number of nitrogens with zero attached hydrogens (tertiary/aromatic N) is 1.